The molecule has 0 saturated carbocycles. The van der Waals surface area contributed by atoms with E-state index in [-0.39, 0.29) is 6.04 Å². The first kappa shape index (κ1) is 16.2. The lowest BCUT2D eigenvalue weighted by Crippen LogP contribution is -2.07. The SMILES string of the molecule is CC(Nc1cccc(OCCCC#N)c1)c1ccccc1Cl. The minimum Gasteiger partial charge on any atom is -0.493 e. The molecule has 0 heterocycles. The molecule has 2 aromatic carbocycles. The van der Waals surface area contributed by atoms with E-state index in [2.05, 4.69) is 18.3 Å². The van der Waals surface area contributed by atoms with Gasteiger partial charge in [0.1, 0.15) is 5.75 Å². The van der Waals surface area contributed by atoms with Crippen molar-refractivity contribution in [2.45, 2.75) is 25.8 Å². The van der Waals surface area contributed by atoms with E-state index in [1.165, 1.54) is 0 Å². The Morgan fingerprint density at radius 1 is 1.23 bits per heavy atom. The van der Waals surface area contributed by atoms with E-state index in [4.69, 9.17) is 21.6 Å². The van der Waals surface area contributed by atoms with Gasteiger partial charge < -0.3 is 10.1 Å². The fraction of sp³-hybridized carbons (Fsp3) is 0.278. The average Bonchev–Trinajstić information content (AvgIpc) is 2.52. The van der Waals surface area contributed by atoms with Gasteiger partial charge in [0.05, 0.1) is 12.7 Å². The van der Waals surface area contributed by atoms with Crippen molar-refractivity contribution in [3.63, 3.8) is 0 Å². The Balaban J connectivity index is 1.98. The van der Waals surface area contributed by atoms with Crippen LogP contribution < -0.4 is 10.1 Å². The van der Waals surface area contributed by atoms with Crippen LogP contribution in [0, 0.1) is 11.3 Å². The van der Waals surface area contributed by atoms with Crippen molar-refractivity contribution in [1.29, 1.82) is 5.26 Å². The first-order valence-electron chi connectivity index (χ1n) is 7.31. The highest BCUT2D eigenvalue weighted by molar-refractivity contribution is 6.31. The number of anilines is 1. The van der Waals surface area contributed by atoms with Gasteiger partial charge in [-0.05, 0) is 37.1 Å². The summed E-state index contributed by atoms with van der Waals surface area (Å²) in [5.41, 5.74) is 2.04. The summed E-state index contributed by atoms with van der Waals surface area (Å²) >= 11 is 6.22. The first-order valence-corrected chi connectivity index (χ1v) is 7.69. The molecule has 0 bridgehead atoms. The number of rotatable bonds is 7. The average molecular weight is 315 g/mol. The van der Waals surface area contributed by atoms with Crippen molar-refractivity contribution >= 4 is 17.3 Å². The summed E-state index contributed by atoms with van der Waals surface area (Å²) in [5, 5.41) is 12.7. The highest BCUT2D eigenvalue weighted by atomic mass is 35.5. The van der Waals surface area contributed by atoms with E-state index in [1.807, 2.05) is 48.5 Å². The van der Waals surface area contributed by atoms with Crippen LogP contribution in [-0.4, -0.2) is 6.61 Å². The summed E-state index contributed by atoms with van der Waals surface area (Å²) in [4.78, 5) is 0. The highest BCUT2D eigenvalue weighted by Gasteiger charge is 2.09. The summed E-state index contributed by atoms with van der Waals surface area (Å²) < 4.78 is 5.64. The smallest absolute Gasteiger partial charge is 0.121 e. The van der Waals surface area contributed by atoms with E-state index in [9.17, 15) is 0 Å². The topological polar surface area (TPSA) is 45.0 Å². The largest absolute Gasteiger partial charge is 0.493 e. The zero-order valence-electron chi connectivity index (χ0n) is 12.6. The third kappa shape index (κ3) is 4.68. The molecule has 22 heavy (non-hydrogen) atoms. The van der Waals surface area contributed by atoms with Gasteiger partial charge in [-0.25, -0.2) is 0 Å². The quantitative estimate of drug-likeness (QED) is 0.715. The van der Waals surface area contributed by atoms with E-state index >= 15 is 0 Å². The molecule has 0 aliphatic carbocycles. The van der Waals surface area contributed by atoms with Gasteiger partial charge in [-0.2, -0.15) is 5.26 Å². The number of hydrogen-bond acceptors (Lipinski definition) is 3. The van der Waals surface area contributed by atoms with Crippen molar-refractivity contribution in [2.24, 2.45) is 0 Å². The molecule has 0 spiro atoms. The van der Waals surface area contributed by atoms with Crippen molar-refractivity contribution in [3.8, 4) is 11.8 Å². The van der Waals surface area contributed by atoms with Crippen LogP contribution in [0.1, 0.15) is 31.4 Å². The van der Waals surface area contributed by atoms with Crippen molar-refractivity contribution in [1.82, 2.24) is 0 Å². The maximum atomic E-state index is 8.51. The monoisotopic (exact) mass is 314 g/mol. The molecule has 3 nitrogen and oxygen atoms in total. The molecule has 0 fully saturated rings. The van der Waals surface area contributed by atoms with Crippen LogP contribution in [0.2, 0.25) is 5.02 Å². The van der Waals surface area contributed by atoms with Gasteiger partial charge in [0, 0.05) is 29.2 Å². The van der Waals surface area contributed by atoms with Crippen molar-refractivity contribution < 1.29 is 4.74 Å². The van der Waals surface area contributed by atoms with Crippen LogP contribution in [0.5, 0.6) is 5.75 Å². The number of nitriles is 1. The molecule has 2 rings (SSSR count). The van der Waals surface area contributed by atoms with Gasteiger partial charge in [-0.1, -0.05) is 35.9 Å². The molecule has 1 N–H and O–H groups in total. The number of ether oxygens (including phenoxy) is 1. The molecule has 1 atom stereocenters. The minimum absolute atomic E-state index is 0.0996. The van der Waals surface area contributed by atoms with Crippen LogP contribution in [0.25, 0.3) is 0 Å². The standard InChI is InChI=1S/C18H19ClN2O/c1-14(17-9-2-3-10-18(17)19)21-15-7-6-8-16(13-15)22-12-5-4-11-20/h2-3,6-10,13-14,21H,4-5,12H2,1H3. The number of nitrogens with zero attached hydrogens (tertiary/aromatic N) is 1. The minimum atomic E-state index is 0.0996. The molecule has 1 unspecified atom stereocenters. The Morgan fingerprint density at radius 2 is 2.05 bits per heavy atom. The van der Waals surface area contributed by atoms with Crippen LogP contribution in [0.4, 0.5) is 5.69 Å². The van der Waals surface area contributed by atoms with Gasteiger partial charge in [0.25, 0.3) is 0 Å². The Labute approximate surface area is 136 Å². The van der Waals surface area contributed by atoms with E-state index < -0.39 is 0 Å². The fourth-order valence-electron chi connectivity index (χ4n) is 2.17. The molecule has 114 valence electrons. The predicted octanol–water partition coefficient (Wildman–Crippen LogP) is 5.20. The van der Waals surface area contributed by atoms with Crippen molar-refractivity contribution in [2.75, 3.05) is 11.9 Å². The summed E-state index contributed by atoms with van der Waals surface area (Å²) in [6, 6.07) is 17.8. The third-order valence-corrected chi connectivity index (χ3v) is 3.63. The summed E-state index contributed by atoms with van der Waals surface area (Å²) in [5.74, 6) is 0.800. The third-order valence-electron chi connectivity index (χ3n) is 3.29. The van der Waals surface area contributed by atoms with Crippen LogP contribution in [0.3, 0.4) is 0 Å². The van der Waals surface area contributed by atoms with E-state index in [0.29, 0.717) is 13.0 Å². The highest BCUT2D eigenvalue weighted by Crippen LogP contribution is 2.27. The lowest BCUT2D eigenvalue weighted by Gasteiger charge is -2.17. The van der Waals surface area contributed by atoms with Gasteiger partial charge in [-0.3, -0.25) is 0 Å². The lowest BCUT2D eigenvalue weighted by atomic mass is 10.1. The molecule has 0 aliphatic rings. The molecule has 0 aliphatic heterocycles. The number of halogens is 1. The Kier molecular flexibility index (Phi) is 6.12. The zero-order chi connectivity index (χ0) is 15.8. The Bertz CT molecular complexity index is 652. The summed E-state index contributed by atoms with van der Waals surface area (Å²) in [7, 11) is 0. The second-order valence-corrected chi connectivity index (χ2v) is 5.43. The lowest BCUT2D eigenvalue weighted by molar-refractivity contribution is 0.313. The van der Waals surface area contributed by atoms with Gasteiger partial charge in [0.2, 0.25) is 0 Å². The molecule has 4 heteroatoms. The summed E-state index contributed by atoms with van der Waals surface area (Å²) in [6.07, 6.45) is 1.26. The van der Waals surface area contributed by atoms with Gasteiger partial charge in [-0.15, -0.1) is 0 Å². The normalized spacial score (nSPS) is 11.5. The second-order valence-electron chi connectivity index (χ2n) is 5.03. The molecule has 0 radical (unpaired) electrons. The summed E-state index contributed by atoms with van der Waals surface area (Å²) in [6.45, 7) is 2.62. The molecule has 0 aromatic heterocycles. The van der Waals surface area contributed by atoms with E-state index in [0.717, 1.165) is 28.4 Å². The number of hydrogen-bond donors (Lipinski definition) is 1. The molecule has 2 aromatic rings. The van der Waals surface area contributed by atoms with Gasteiger partial charge in [0.15, 0.2) is 0 Å². The molecular formula is C18H19ClN2O. The van der Waals surface area contributed by atoms with Crippen LogP contribution >= 0.6 is 11.6 Å². The Morgan fingerprint density at radius 3 is 2.82 bits per heavy atom. The maximum Gasteiger partial charge on any atom is 0.121 e. The fourth-order valence-corrected chi connectivity index (χ4v) is 2.47. The molecule has 0 amide bonds. The first-order chi connectivity index (χ1) is 10.7. The number of benzene rings is 2. The van der Waals surface area contributed by atoms with E-state index in [1.54, 1.807) is 0 Å². The Hall–Kier alpha value is -2.18. The molecular weight excluding hydrogens is 296 g/mol. The van der Waals surface area contributed by atoms with Crippen LogP contribution in [0.15, 0.2) is 48.5 Å². The van der Waals surface area contributed by atoms with Gasteiger partial charge >= 0.3 is 0 Å². The predicted molar refractivity (Wildman–Crippen MR) is 90.3 cm³/mol. The zero-order valence-corrected chi connectivity index (χ0v) is 13.3. The molecule has 0 saturated heterocycles. The number of nitrogens with one attached hydrogen (secondary N) is 1. The van der Waals surface area contributed by atoms with Crippen LogP contribution in [-0.2, 0) is 0 Å². The maximum absolute atomic E-state index is 8.51. The van der Waals surface area contributed by atoms with Crippen molar-refractivity contribution in [3.05, 3.63) is 59.1 Å². The number of unbranched alkanes of at least 4 members (excludes halogenated alkanes) is 1. The second kappa shape index (κ2) is 8.31.